The zero-order chi connectivity index (χ0) is 9.84. The third kappa shape index (κ3) is 2.81. The first-order valence-corrected chi connectivity index (χ1v) is 5.03. The van der Waals surface area contributed by atoms with E-state index in [1.807, 2.05) is 13.8 Å². The molecule has 0 saturated carbocycles. The second-order valence-electron chi connectivity index (χ2n) is 2.72. The van der Waals surface area contributed by atoms with Crippen LogP contribution in [0, 0.1) is 13.8 Å². The first-order valence-electron chi connectivity index (χ1n) is 4.22. The molecular weight excluding hydrogens is 186 g/mol. The minimum atomic E-state index is -0.198. The van der Waals surface area contributed by atoms with E-state index in [1.54, 1.807) is 18.3 Å². The quantitative estimate of drug-likeness (QED) is 0.697. The van der Waals surface area contributed by atoms with Gasteiger partial charge in [-0.15, -0.1) is 11.3 Å². The van der Waals surface area contributed by atoms with Gasteiger partial charge in [0, 0.05) is 4.88 Å². The first kappa shape index (κ1) is 10.2. The molecule has 72 valence electrons. The summed E-state index contributed by atoms with van der Waals surface area (Å²) < 4.78 is 4.84. The van der Waals surface area contributed by atoms with Crippen molar-refractivity contribution in [2.45, 2.75) is 27.2 Å². The van der Waals surface area contributed by atoms with Crippen molar-refractivity contribution in [3.8, 4) is 0 Å². The van der Waals surface area contributed by atoms with Crippen molar-refractivity contribution >= 4 is 17.3 Å². The predicted octanol–water partition coefficient (Wildman–Crippen LogP) is 1.87. The summed E-state index contributed by atoms with van der Waals surface area (Å²) in [5, 5.41) is 0.997. The normalized spacial score (nSPS) is 10.1. The van der Waals surface area contributed by atoms with Gasteiger partial charge < -0.3 is 4.74 Å². The highest BCUT2D eigenvalue weighted by Crippen LogP contribution is 2.16. The van der Waals surface area contributed by atoms with E-state index in [4.69, 9.17) is 4.74 Å². The number of ether oxygens (including phenoxy) is 1. The third-order valence-corrected chi connectivity index (χ3v) is 2.55. The zero-order valence-electron chi connectivity index (χ0n) is 8.09. The standard InChI is InChI=1S/C9H13NO2S/c1-4-12-9(11)5-8-6(2)13-7(3)10-8/h4-5H2,1-3H3. The molecule has 1 aromatic rings. The summed E-state index contributed by atoms with van der Waals surface area (Å²) in [6.07, 6.45) is 0.296. The molecule has 3 nitrogen and oxygen atoms in total. The molecule has 0 atom stereocenters. The van der Waals surface area contributed by atoms with Crippen molar-refractivity contribution in [1.82, 2.24) is 4.98 Å². The number of hydrogen-bond acceptors (Lipinski definition) is 4. The molecule has 1 aromatic heterocycles. The van der Waals surface area contributed by atoms with Crippen molar-refractivity contribution in [1.29, 1.82) is 0 Å². The number of nitrogens with zero attached hydrogens (tertiary/aromatic N) is 1. The van der Waals surface area contributed by atoms with Crippen molar-refractivity contribution in [2.75, 3.05) is 6.61 Å². The number of thiazole rings is 1. The van der Waals surface area contributed by atoms with Crippen LogP contribution in [0.2, 0.25) is 0 Å². The van der Waals surface area contributed by atoms with E-state index in [0.29, 0.717) is 13.0 Å². The molecule has 0 aliphatic heterocycles. The molecule has 0 amide bonds. The van der Waals surface area contributed by atoms with Gasteiger partial charge in [0.2, 0.25) is 0 Å². The molecule has 0 spiro atoms. The Labute approximate surface area is 81.8 Å². The Morgan fingerprint density at radius 1 is 1.54 bits per heavy atom. The largest absolute Gasteiger partial charge is 0.466 e. The topological polar surface area (TPSA) is 39.2 Å². The van der Waals surface area contributed by atoms with Crippen LogP contribution in [0.4, 0.5) is 0 Å². The highest BCUT2D eigenvalue weighted by atomic mass is 32.1. The van der Waals surface area contributed by atoms with E-state index in [-0.39, 0.29) is 5.97 Å². The lowest BCUT2D eigenvalue weighted by Crippen LogP contribution is -2.08. The molecule has 4 heteroatoms. The van der Waals surface area contributed by atoms with Gasteiger partial charge in [0.25, 0.3) is 0 Å². The van der Waals surface area contributed by atoms with Crippen molar-refractivity contribution in [3.05, 3.63) is 15.6 Å². The van der Waals surface area contributed by atoms with E-state index in [2.05, 4.69) is 4.98 Å². The molecule has 0 aliphatic rings. The minimum Gasteiger partial charge on any atom is -0.466 e. The maximum absolute atomic E-state index is 11.1. The summed E-state index contributed by atoms with van der Waals surface area (Å²) in [5.74, 6) is -0.198. The van der Waals surface area contributed by atoms with E-state index >= 15 is 0 Å². The Kier molecular flexibility index (Phi) is 3.42. The summed E-state index contributed by atoms with van der Waals surface area (Å²) in [5.41, 5.74) is 0.848. The summed E-state index contributed by atoms with van der Waals surface area (Å²) in [7, 11) is 0. The van der Waals surface area contributed by atoms with Crippen LogP contribution in [-0.4, -0.2) is 17.6 Å². The maximum Gasteiger partial charge on any atom is 0.311 e. The summed E-state index contributed by atoms with van der Waals surface area (Å²) in [6, 6.07) is 0. The lowest BCUT2D eigenvalue weighted by molar-refractivity contribution is -0.142. The fourth-order valence-corrected chi connectivity index (χ4v) is 1.92. The van der Waals surface area contributed by atoms with Crippen LogP contribution < -0.4 is 0 Å². The second kappa shape index (κ2) is 4.37. The Morgan fingerprint density at radius 2 is 2.23 bits per heavy atom. The minimum absolute atomic E-state index is 0.198. The van der Waals surface area contributed by atoms with Crippen molar-refractivity contribution in [2.24, 2.45) is 0 Å². The maximum atomic E-state index is 11.1. The number of aryl methyl sites for hydroxylation is 2. The molecule has 0 N–H and O–H groups in total. The monoisotopic (exact) mass is 199 g/mol. The number of hydrogen-bond donors (Lipinski definition) is 0. The van der Waals surface area contributed by atoms with E-state index in [9.17, 15) is 4.79 Å². The van der Waals surface area contributed by atoms with Crippen LogP contribution >= 0.6 is 11.3 Å². The first-order chi connectivity index (χ1) is 6.13. The van der Waals surface area contributed by atoms with Gasteiger partial charge in [0.15, 0.2) is 0 Å². The molecule has 0 saturated heterocycles. The molecule has 0 fully saturated rings. The average Bonchev–Trinajstić information content (AvgIpc) is 2.30. The van der Waals surface area contributed by atoms with E-state index < -0.39 is 0 Å². The third-order valence-electron chi connectivity index (χ3n) is 1.62. The van der Waals surface area contributed by atoms with Gasteiger partial charge in [-0.25, -0.2) is 4.98 Å². The van der Waals surface area contributed by atoms with Crippen LogP contribution in [0.5, 0.6) is 0 Å². The fourth-order valence-electron chi connectivity index (χ4n) is 1.08. The highest BCUT2D eigenvalue weighted by molar-refractivity contribution is 7.11. The van der Waals surface area contributed by atoms with Crippen LogP contribution in [0.1, 0.15) is 22.5 Å². The number of carbonyl (C=O) groups excluding carboxylic acids is 1. The van der Waals surface area contributed by atoms with Gasteiger partial charge >= 0.3 is 5.97 Å². The average molecular weight is 199 g/mol. The number of aromatic nitrogens is 1. The Morgan fingerprint density at radius 3 is 2.69 bits per heavy atom. The molecule has 13 heavy (non-hydrogen) atoms. The highest BCUT2D eigenvalue weighted by Gasteiger charge is 2.10. The number of rotatable bonds is 3. The Balaban J connectivity index is 2.63. The van der Waals surface area contributed by atoms with E-state index in [0.717, 1.165) is 15.6 Å². The van der Waals surface area contributed by atoms with Crippen molar-refractivity contribution in [3.63, 3.8) is 0 Å². The van der Waals surface area contributed by atoms with Gasteiger partial charge in [-0.05, 0) is 20.8 Å². The van der Waals surface area contributed by atoms with Gasteiger partial charge in [0.1, 0.15) is 0 Å². The van der Waals surface area contributed by atoms with Crippen LogP contribution in [0.15, 0.2) is 0 Å². The van der Waals surface area contributed by atoms with Gasteiger partial charge in [-0.2, -0.15) is 0 Å². The van der Waals surface area contributed by atoms with Crippen LogP contribution in [0.25, 0.3) is 0 Å². The molecule has 0 aliphatic carbocycles. The molecular formula is C9H13NO2S. The molecule has 0 radical (unpaired) electrons. The van der Waals surface area contributed by atoms with Crippen LogP contribution in [0.3, 0.4) is 0 Å². The summed E-state index contributed by atoms with van der Waals surface area (Å²) >= 11 is 1.61. The van der Waals surface area contributed by atoms with Crippen molar-refractivity contribution < 1.29 is 9.53 Å². The predicted molar refractivity (Wildman–Crippen MR) is 51.9 cm³/mol. The number of esters is 1. The van der Waals surface area contributed by atoms with Gasteiger partial charge in [-0.1, -0.05) is 0 Å². The number of carbonyl (C=O) groups is 1. The zero-order valence-corrected chi connectivity index (χ0v) is 8.90. The fraction of sp³-hybridized carbons (Fsp3) is 0.556. The molecule has 0 bridgehead atoms. The summed E-state index contributed by atoms with van der Waals surface area (Å²) in [4.78, 5) is 16.5. The van der Waals surface area contributed by atoms with Gasteiger partial charge in [0.05, 0.1) is 23.7 Å². The second-order valence-corrected chi connectivity index (χ2v) is 4.12. The lowest BCUT2D eigenvalue weighted by atomic mass is 10.3. The van der Waals surface area contributed by atoms with Crippen LogP contribution in [-0.2, 0) is 16.0 Å². The smallest absolute Gasteiger partial charge is 0.311 e. The van der Waals surface area contributed by atoms with E-state index in [1.165, 1.54) is 0 Å². The van der Waals surface area contributed by atoms with Gasteiger partial charge in [-0.3, -0.25) is 4.79 Å². The molecule has 0 unspecified atom stereocenters. The molecule has 1 rings (SSSR count). The summed E-state index contributed by atoms with van der Waals surface area (Å²) in [6.45, 7) is 6.14. The molecule has 1 heterocycles. The lowest BCUT2D eigenvalue weighted by Gasteiger charge is -1.99. The Hall–Kier alpha value is -0.900. The SMILES string of the molecule is CCOC(=O)Cc1nc(C)sc1C. The Bertz CT molecular complexity index is 307. The molecule has 0 aromatic carbocycles.